The molecule has 0 amide bonds. The lowest BCUT2D eigenvalue weighted by atomic mass is 9.98. The van der Waals surface area contributed by atoms with E-state index in [0.717, 1.165) is 27.8 Å². The number of hydrogen-bond donors (Lipinski definition) is 1. The van der Waals surface area contributed by atoms with Gasteiger partial charge >= 0.3 is 17.9 Å². The van der Waals surface area contributed by atoms with Crippen LogP contribution < -0.4 is 0 Å². The van der Waals surface area contributed by atoms with Crippen molar-refractivity contribution in [3.8, 4) is 0 Å². The highest BCUT2D eigenvalue weighted by Crippen LogP contribution is 2.36. The molecule has 14 nitrogen and oxygen atoms in total. The highest BCUT2D eigenvalue weighted by atomic mass is 32.2. The maximum absolute atomic E-state index is 14.0. The first-order valence-corrected chi connectivity index (χ1v) is 25.8. The number of aliphatic hydroxyl groups is 1. The second-order valence-electron chi connectivity index (χ2n) is 17.7. The fourth-order valence-electron chi connectivity index (χ4n) is 8.52. The Hall–Kier alpha value is -6.24. The van der Waals surface area contributed by atoms with Gasteiger partial charge in [0.15, 0.2) is 18.5 Å². The molecule has 0 unspecified atom stereocenters. The van der Waals surface area contributed by atoms with Crippen molar-refractivity contribution >= 4 is 29.7 Å². The Morgan fingerprint density at radius 3 is 1.45 bits per heavy atom. The Labute approximate surface area is 436 Å². The van der Waals surface area contributed by atoms with Gasteiger partial charge in [0, 0.05) is 0 Å². The summed E-state index contributed by atoms with van der Waals surface area (Å²) in [5, 5.41) is 11.9. The minimum Gasteiger partial charge on any atom is -0.462 e. The van der Waals surface area contributed by atoms with Crippen molar-refractivity contribution in [3.63, 3.8) is 0 Å². The van der Waals surface area contributed by atoms with Crippen molar-refractivity contribution in [2.75, 3.05) is 19.0 Å². The van der Waals surface area contributed by atoms with E-state index >= 15 is 0 Å². The van der Waals surface area contributed by atoms with Crippen LogP contribution in [-0.4, -0.2) is 103 Å². The molecule has 2 aliphatic rings. The summed E-state index contributed by atoms with van der Waals surface area (Å²) >= 11 is 1.53. The number of esters is 3. The lowest BCUT2D eigenvalue weighted by Crippen LogP contribution is -2.62. The predicted octanol–water partition coefficient (Wildman–Crippen LogP) is 8.81. The van der Waals surface area contributed by atoms with Crippen LogP contribution in [0.1, 0.15) is 51.5 Å². The molecule has 2 saturated heterocycles. The summed E-state index contributed by atoms with van der Waals surface area (Å²) in [5.74, 6) is -2.11. The van der Waals surface area contributed by atoms with E-state index in [-0.39, 0.29) is 51.8 Å². The van der Waals surface area contributed by atoms with Crippen LogP contribution in [0.4, 0.5) is 0 Å². The Morgan fingerprint density at radius 2 is 0.932 bits per heavy atom. The van der Waals surface area contributed by atoms with Crippen LogP contribution in [-0.2, 0) is 90.0 Å². The molecule has 6 aromatic carbocycles. The van der Waals surface area contributed by atoms with Crippen molar-refractivity contribution in [3.05, 3.63) is 215 Å². The SMILES string of the molecule is CCS[C@H]1O[C@H](COC(=O)CC(=O)O[C@H]2[C@@H](OCc3ccccc3)O[C@H](COCc3ccccc3)[C@@H](O)[C@@H]2OC(=O)c2ccccc2)[C@@H](OCc2ccccc2)[C@H](OCc2ccccc2)[C@@H]1OCc1ccccc1. The highest BCUT2D eigenvalue weighted by Gasteiger charge is 2.52. The zero-order valence-electron chi connectivity index (χ0n) is 41.1. The van der Waals surface area contributed by atoms with Gasteiger partial charge in [-0.05, 0) is 45.7 Å². The van der Waals surface area contributed by atoms with Crippen LogP contribution in [0, 0.1) is 0 Å². The quantitative estimate of drug-likeness (QED) is 0.0329. The third-order valence-corrected chi connectivity index (χ3v) is 13.3. The molecule has 0 radical (unpaired) electrons. The monoisotopic (exact) mass is 1030 g/mol. The van der Waals surface area contributed by atoms with Gasteiger partial charge in [-0.3, -0.25) is 9.59 Å². The molecule has 388 valence electrons. The lowest BCUT2D eigenvalue weighted by Gasteiger charge is -2.45. The molecule has 15 heteroatoms. The number of carbonyl (C=O) groups excluding carboxylic acids is 3. The smallest absolute Gasteiger partial charge is 0.338 e. The van der Waals surface area contributed by atoms with Gasteiger partial charge in [0.2, 0.25) is 0 Å². The van der Waals surface area contributed by atoms with E-state index in [1.807, 2.05) is 159 Å². The van der Waals surface area contributed by atoms with Gasteiger partial charge in [-0.25, -0.2) is 4.79 Å². The normalized spacial score (nSPS) is 23.6. The zero-order chi connectivity index (χ0) is 51.3. The number of ether oxygens (including phenoxy) is 10. The first-order valence-electron chi connectivity index (χ1n) is 24.8. The zero-order valence-corrected chi connectivity index (χ0v) is 41.9. The third kappa shape index (κ3) is 15.9. The summed E-state index contributed by atoms with van der Waals surface area (Å²) in [6, 6.07) is 56.1. The van der Waals surface area contributed by atoms with Crippen LogP contribution in [0.25, 0.3) is 0 Å². The molecule has 2 aliphatic heterocycles. The Kier molecular flexibility index (Phi) is 20.8. The fraction of sp³-hybridized carbons (Fsp3) is 0.339. The van der Waals surface area contributed by atoms with Crippen LogP contribution in [0.3, 0.4) is 0 Å². The summed E-state index contributed by atoms with van der Waals surface area (Å²) in [6.07, 6.45) is -11.0. The summed E-state index contributed by atoms with van der Waals surface area (Å²) in [6.45, 7) is 2.46. The van der Waals surface area contributed by atoms with Crippen LogP contribution in [0.5, 0.6) is 0 Å². The molecule has 74 heavy (non-hydrogen) atoms. The summed E-state index contributed by atoms with van der Waals surface area (Å²) in [5.41, 5.74) is 4.09. The van der Waals surface area contributed by atoms with E-state index in [1.54, 1.807) is 30.3 Å². The van der Waals surface area contributed by atoms with Gasteiger partial charge in [-0.1, -0.05) is 177 Å². The Balaban J connectivity index is 1.00. The lowest BCUT2D eigenvalue weighted by molar-refractivity contribution is -0.308. The number of aliphatic hydroxyl groups excluding tert-OH is 1. The number of carbonyl (C=O) groups is 3. The number of benzene rings is 6. The van der Waals surface area contributed by atoms with E-state index in [2.05, 4.69) is 0 Å². The van der Waals surface area contributed by atoms with E-state index in [9.17, 15) is 19.5 Å². The third-order valence-electron chi connectivity index (χ3n) is 12.3. The molecule has 8 rings (SSSR count). The van der Waals surface area contributed by atoms with Gasteiger partial charge in [0.25, 0.3) is 0 Å². The van der Waals surface area contributed by atoms with E-state index in [1.165, 1.54) is 11.8 Å². The standard InChI is InChI=1S/C59H62O14S/c1-2-74-59-56(68-37-44-27-15-6-16-28-44)54(67-36-43-25-13-5-14-26-43)52(66-35-42-23-11-4-12-24-42)48(71-59)40-65-49(60)33-50(61)72-55-53(73-57(63)46-31-19-8-20-32-46)51(62)47(39-64-34-41-21-9-3-10-22-41)70-58(55)69-38-45-29-17-7-18-30-45/h3-32,47-48,51-56,58-59,62H,2,33-40H2,1H3/t47-,48-,51-,52-,53+,54+,55-,56+,58+,59-/m1/s1. The molecule has 0 spiro atoms. The van der Waals surface area contributed by atoms with Gasteiger partial charge < -0.3 is 52.5 Å². The van der Waals surface area contributed by atoms with E-state index in [0.29, 0.717) is 5.75 Å². The van der Waals surface area contributed by atoms with Gasteiger partial charge in [-0.2, -0.15) is 0 Å². The minimum atomic E-state index is -1.57. The number of thioether (sulfide) groups is 1. The molecule has 0 aliphatic carbocycles. The first-order chi connectivity index (χ1) is 36.3. The molecular weight excluding hydrogens is 965 g/mol. The van der Waals surface area contributed by atoms with Crippen molar-refractivity contribution in [1.82, 2.24) is 0 Å². The molecule has 10 atom stereocenters. The van der Waals surface area contributed by atoms with Crippen molar-refractivity contribution < 1.29 is 66.9 Å². The second-order valence-corrected chi connectivity index (χ2v) is 19.0. The summed E-state index contributed by atoms with van der Waals surface area (Å²) < 4.78 is 63.2. The Morgan fingerprint density at radius 1 is 0.473 bits per heavy atom. The first kappa shape index (κ1) is 54.0. The highest BCUT2D eigenvalue weighted by molar-refractivity contribution is 7.99. The van der Waals surface area contributed by atoms with Crippen LogP contribution in [0.15, 0.2) is 182 Å². The molecule has 6 aromatic rings. The average Bonchev–Trinajstić information content (AvgIpc) is 3.44. The summed E-state index contributed by atoms with van der Waals surface area (Å²) in [4.78, 5) is 41.5. The van der Waals surface area contributed by atoms with E-state index in [4.69, 9.17) is 47.4 Å². The molecule has 0 aromatic heterocycles. The van der Waals surface area contributed by atoms with Crippen LogP contribution >= 0.6 is 11.8 Å². The number of hydrogen-bond acceptors (Lipinski definition) is 15. The maximum atomic E-state index is 14.0. The van der Waals surface area contributed by atoms with Crippen LogP contribution in [0.2, 0.25) is 0 Å². The van der Waals surface area contributed by atoms with Gasteiger partial charge in [0.05, 0.1) is 45.2 Å². The molecule has 0 saturated carbocycles. The topological polar surface area (TPSA) is 164 Å². The van der Waals surface area contributed by atoms with Crippen molar-refractivity contribution in [1.29, 1.82) is 0 Å². The van der Waals surface area contributed by atoms with Gasteiger partial charge in [0.1, 0.15) is 55.1 Å². The minimum absolute atomic E-state index is 0.00490. The molecular formula is C59H62O14S. The number of rotatable bonds is 25. The Bertz CT molecular complexity index is 2580. The second kappa shape index (κ2) is 28.4. The van der Waals surface area contributed by atoms with Crippen molar-refractivity contribution in [2.24, 2.45) is 0 Å². The maximum Gasteiger partial charge on any atom is 0.338 e. The van der Waals surface area contributed by atoms with Crippen molar-refractivity contribution in [2.45, 2.75) is 107 Å². The largest absolute Gasteiger partial charge is 0.462 e. The molecule has 2 fully saturated rings. The molecule has 2 heterocycles. The molecule has 1 N–H and O–H groups in total. The predicted molar refractivity (Wildman–Crippen MR) is 275 cm³/mol. The molecule has 0 bridgehead atoms. The average molecular weight is 1030 g/mol. The fourth-order valence-corrected chi connectivity index (χ4v) is 9.50. The summed E-state index contributed by atoms with van der Waals surface area (Å²) in [7, 11) is 0. The van der Waals surface area contributed by atoms with Gasteiger partial charge in [-0.15, -0.1) is 11.8 Å². The van der Waals surface area contributed by atoms with E-state index < -0.39 is 84.9 Å².